The van der Waals surface area contributed by atoms with Gasteiger partial charge in [-0.05, 0) is 65.4 Å². The highest BCUT2D eigenvalue weighted by atomic mass is 31.3. The van der Waals surface area contributed by atoms with Gasteiger partial charge in [0.25, 0.3) is 5.78 Å². The highest BCUT2D eigenvalue weighted by Crippen LogP contribution is 2.79. The fourth-order valence-electron chi connectivity index (χ4n) is 5.64. The molecule has 280 valence electrons. The summed E-state index contributed by atoms with van der Waals surface area (Å²) < 4.78 is 49.1. The molecule has 4 atom stereocenters. The molecule has 4 unspecified atom stereocenters. The van der Waals surface area contributed by atoms with Crippen molar-refractivity contribution in [3.05, 3.63) is 170 Å². The average molecular weight is 797 g/mol. The first-order valence-electron chi connectivity index (χ1n) is 17.5. The number of para-hydroxylation sites is 5. The first-order chi connectivity index (χ1) is 26.8. The lowest BCUT2D eigenvalue weighted by Gasteiger charge is -2.34. The second kappa shape index (κ2) is 17.4. The topological polar surface area (TPSA) is 123 Å². The van der Waals surface area contributed by atoms with Gasteiger partial charge >= 0.3 is 29.7 Å². The first kappa shape index (κ1) is 37.9. The lowest BCUT2D eigenvalue weighted by Crippen LogP contribution is -2.43. The van der Waals surface area contributed by atoms with E-state index in [0.717, 1.165) is 0 Å². The van der Waals surface area contributed by atoms with Crippen molar-refractivity contribution in [3.8, 4) is 46.0 Å². The van der Waals surface area contributed by atoms with Crippen LogP contribution in [0.4, 0.5) is 0 Å². The Balaban J connectivity index is 1.49. The molecule has 6 aromatic rings. The Morgan fingerprint density at radius 1 is 0.582 bits per heavy atom. The van der Waals surface area contributed by atoms with Crippen molar-refractivity contribution in [3.63, 3.8) is 0 Å². The predicted molar refractivity (Wildman–Crippen MR) is 218 cm³/mol. The van der Waals surface area contributed by atoms with Crippen LogP contribution in [-0.4, -0.2) is 39.9 Å². The van der Waals surface area contributed by atoms with Crippen LogP contribution in [0.5, 0.6) is 46.0 Å². The van der Waals surface area contributed by atoms with Crippen LogP contribution in [0.2, 0.25) is 0 Å². The zero-order valence-corrected chi connectivity index (χ0v) is 32.8. The third kappa shape index (κ3) is 9.29. The van der Waals surface area contributed by atoms with E-state index in [1.54, 1.807) is 0 Å². The van der Waals surface area contributed by atoms with E-state index in [9.17, 15) is 10.2 Å². The summed E-state index contributed by atoms with van der Waals surface area (Å²) in [6.07, 6.45) is 0. The molecule has 0 amide bonds. The molecule has 6 aromatic carbocycles. The largest absolute Gasteiger partial charge is 0.560 e. The van der Waals surface area contributed by atoms with Crippen molar-refractivity contribution in [2.75, 3.05) is 13.6 Å². The molecule has 3 N–H and O–H groups in total. The number of benzene rings is 6. The van der Waals surface area contributed by atoms with Gasteiger partial charge in [-0.2, -0.15) is 0 Å². The second-order valence-corrected chi connectivity index (χ2v) is 19.3. The van der Waals surface area contributed by atoms with E-state index in [-0.39, 0.29) is 23.8 Å². The maximum absolute atomic E-state index is 10.7. The quantitative estimate of drug-likeness (QED) is 0.103. The molecule has 11 nitrogen and oxygen atoms in total. The molecule has 1 aliphatic heterocycles. The van der Waals surface area contributed by atoms with Crippen LogP contribution in [0, 0.1) is 0 Å². The minimum absolute atomic E-state index is 0.137. The zero-order valence-electron chi connectivity index (χ0n) is 30.1. The molecule has 1 heterocycles. The number of nitrogens with one attached hydrogen (secondary N) is 1. The average Bonchev–Trinajstić information content (AvgIpc) is 3.22. The summed E-state index contributed by atoms with van der Waals surface area (Å²) in [7, 11) is -7.43. The van der Waals surface area contributed by atoms with Gasteiger partial charge in [-0.1, -0.05) is 96.1 Å². The van der Waals surface area contributed by atoms with Crippen LogP contribution < -0.4 is 32.4 Å². The molecule has 0 fully saturated rings. The summed E-state index contributed by atoms with van der Waals surface area (Å²) in [4.78, 5) is 0. The van der Waals surface area contributed by atoms with E-state index in [1.165, 1.54) is 18.2 Å². The highest BCUT2D eigenvalue weighted by Gasteiger charge is 2.76. The van der Waals surface area contributed by atoms with Crippen molar-refractivity contribution in [2.24, 2.45) is 4.74 Å². The normalized spacial score (nSPS) is 20.4. The van der Waals surface area contributed by atoms with Gasteiger partial charge in [-0.3, -0.25) is 22.6 Å². The molecular weight excluding hydrogens is 755 g/mol. The predicted octanol–water partition coefficient (Wildman–Crippen LogP) is 11.1. The van der Waals surface area contributed by atoms with E-state index in [1.807, 2.05) is 170 Å². The van der Waals surface area contributed by atoms with Gasteiger partial charge in [0.1, 0.15) is 23.8 Å². The summed E-state index contributed by atoms with van der Waals surface area (Å²) in [6, 6.07) is 51.0. The van der Waals surface area contributed by atoms with Crippen LogP contribution in [0.15, 0.2) is 175 Å². The molecular formula is C41H41N3O8P3+3. The molecule has 0 bridgehead atoms. The van der Waals surface area contributed by atoms with Gasteiger partial charge in [0.2, 0.25) is 0 Å². The molecule has 0 spiro atoms. The van der Waals surface area contributed by atoms with Gasteiger partial charge in [-0.15, -0.1) is 0 Å². The van der Waals surface area contributed by atoms with E-state index < -0.39 is 35.5 Å². The number of phenols is 2. The Kier molecular flexibility index (Phi) is 12.0. The molecule has 0 aliphatic carbocycles. The number of nitrogens with zero attached hydrogens (tertiary/aromatic N) is 2. The summed E-state index contributed by atoms with van der Waals surface area (Å²) in [5.41, 5.74) is 0. The highest BCUT2D eigenvalue weighted by molar-refractivity contribution is 7.79. The fourth-order valence-corrected chi connectivity index (χ4v) is 14.2. The number of rotatable bonds is 12. The molecule has 0 saturated heterocycles. The van der Waals surface area contributed by atoms with Crippen molar-refractivity contribution >= 4 is 23.8 Å². The minimum atomic E-state index is -3.74. The van der Waals surface area contributed by atoms with Gasteiger partial charge < -0.3 is 14.9 Å². The lowest BCUT2D eigenvalue weighted by molar-refractivity contribution is 0.270. The van der Waals surface area contributed by atoms with Crippen LogP contribution in [-0.2, 0) is 0 Å². The maximum atomic E-state index is 10.7. The molecule has 0 aromatic heterocycles. The van der Waals surface area contributed by atoms with Crippen molar-refractivity contribution in [2.45, 2.75) is 18.6 Å². The van der Waals surface area contributed by atoms with Crippen molar-refractivity contribution in [1.82, 2.24) is 9.53 Å². The minimum Gasteiger partial charge on any atom is -0.508 e. The molecule has 1 aliphatic rings. The molecule has 0 radical (unpaired) electrons. The van der Waals surface area contributed by atoms with Crippen LogP contribution in [0.25, 0.3) is 0 Å². The first-order valence-corrected chi connectivity index (χ1v) is 22.0. The molecule has 55 heavy (non-hydrogen) atoms. The fraction of sp³-hybridized carbons (Fsp3) is 0.122. The number of hydrogen-bond donors (Lipinski definition) is 3. The van der Waals surface area contributed by atoms with Gasteiger partial charge in [-0.25, -0.2) is 0 Å². The van der Waals surface area contributed by atoms with Crippen LogP contribution in [0.3, 0.4) is 0 Å². The smallest absolute Gasteiger partial charge is 0.508 e. The molecule has 0 saturated carbocycles. The Labute approximate surface area is 322 Å². The lowest BCUT2D eigenvalue weighted by atomic mass is 10.3. The number of hydrogen-bond acceptors (Lipinski definition) is 11. The Morgan fingerprint density at radius 3 is 1.49 bits per heavy atom. The summed E-state index contributed by atoms with van der Waals surface area (Å²) in [5, 5.41) is 25.0. The van der Waals surface area contributed by atoms with Crippen molar-refractivity contribution < 1.29 is 37.6 Å². The zero-order chi connectivity index (χ0) is 38.1. The van der Waals surface area contributed by atoms with E-state index in [2.05, 4.69) is 5.09 Å². The van der Waals surface area contributed by atoms with Gasteiger partial charge in [0.15, 0.2) is 28.7 Å². The Hall–Kier alpha value is -5.40. The third-order valence-corrected chi connectivity index (χ3v) is 16.7. The van der Waals surface area contributed by atoms with E-state index in [4.69, 9.17) is 32.1 Å². The Bertz CT molecular complexity index is 2100. The number of ether oxygens (including phenoxy) is 1. The molecule has 14 heteroatoms. The van der Waals surface area contributed by atoms with Crippen LogP contribution in [0.1, 0.15) is 6.92 Å². The monoisotopic (exact) mass is 796 g/mol. The molecule has 7 rings (SSSR count). The summed E-state index contributed by atoms with van der Waals surface area (Å²) in [5.74, 6) is 0.995. The van der Waals surface area contributed by atoms with E-state index >= 15 is 0 Å². The summed E-state index contributed by atoms with van der Waals surface area (Å²) in [6.45, 7) is 2.05. The third-order valence-electron chi connectivity index (χ3n) is 8.24. The van der Waals surface area contributed by atoms with Gasteiger partial charge in [0.05, 0.1) is 11.5 Å². The van der Waals surface area contributed by atoms with Crippen molar-refractivity contribution in [1.29, 1.82) is 0 Å². The number of phenolic OH excluding ortho intramolecular Hbond substituents is 2. The Morgan fingerprint density at radius 2 is 1.00 bits per heavy atom. The van der Waals surface area contributed by atoms with Gasteiger partial charge in [0, 0.05) is 25.1 Å². The maximum Gasteiger partial charge on any atom is 0.560 e. The van der Waals surface area contributed by atoms with E-state index in [0.29, 0.717) is 28.7 Å². The second-order valence-electron chi connectivity index (χ2n) is 12.3. The standard InChI is InChI=1S/C41H39N3O8P3/c1-32-43-53(48-36-20-10-4-11-21-36)41(47-35-18-8-3-9-19-35)31-42-55(51-38-24-14-6-15-25-38,52-39-26-16-7-17-27-39)44(2)54(32,49-37-22-12-5-13-23-37)50-40-29-33(45)28-34(46)30-40/h3-30,32,41-42H,31H2,1-2H3/q+1/p+2. The SMILES string of the molecule is CC1N=[P+](Oc2ccccc2)C(Oc2ccccc2)CN[P+](Oc2ccccc2)(Oc2ccccc2)N(C)[P+]1(Oc1ccccc1)Oc1cc(O)cc(O)c1. The number of aromatic hydroxyl groups is 2. The summed E-state index contributed by atoms with van der Waals surface area (Å²) >= 11 is 0. The van der Waals surface area contributed by atoms with Crippen LogP contribution >= 0.6 is 23.8 Å².